The number of benzene rings is 2. The first-order chi connectivity index (χ1) is 16.4. The van der Waals surface area contributed by atoms with E-state index in [9.17, 15) is 18.0 Å². The number of hydroxylamine groups is 2. The average Bonchev–Trinajstić information content (AvgIpc) is 3.45. The van der Waals surface area contributed by atoms with Crippen molar-refractivity contribution in [2.75, 3.05) is 6.61 Å². The van der Waals surface area contributed by atoms with Crippen molar-refractivity contribution in [3.8, 4) is 6.07 Å². The van der Waals surface area contributed by atoms with Gasteiger partial charge in [0.1, 0.15) is 23.5 Å². The monoisotopic (exact) mass is 468 g/mol. The van der Waals surface area contributed by atoms with Crippen LogP contribution < -0.4 is 0 Å². The second kappa shape index (κ2) is 9.11. The summed E-state index contributed by atoms with van der Waals surface area (Å²) in [6.45, 7) is 0.988. The highest BCUT2D eigenvalue weighted by Crippen LogP contribution is 2.37. The lowest BCUT2D eigenvalue weighted by molar-refractivity contribution is -0.183. The molecule has 2 aromatic carbocycles. The summed E-state index contributed by atoms with van der Waals surface area (Å²) in [5, 5.41) is 10.4. The molecule has 3 aromatic rings. The number of imidazole rings is 1. The number of rotatable bonds is 4. The van der Waals surface area contributed by atoms with Gasteiger partial charge < -0.3 is 4.57 Å². The number of carbonyl (C=O) groups excluding carboxylic acids is 1. The van der Waals surface area contributed by atoms with Gasteiger partial charge in [0, 0.05) is 31.0 Å². The molecule has 0 unspecified atom stereocenters. The summed E-state index contributed by atoms with van der Waals surface area (Å²) in [7, 11) is 0. The number of hydrogen-bond acceptors (Lipinski definition) is 4. The van der Waals surface area contributed by atoms with Gasteiger partial charge >= 0.3 is 0 Å². The van der Waals surface area contributed by atoms with E-state index in [-0.39, 0.29) is 17.4 Å². The summed E-state index contributed by atoms with van der Waals surface area (Å²) >= 11 is 0. The number of halogens is 3. The van der Waals surface area contributed by atoms with Gasteiger partial charge in [-0.2, -0.15) is 5.26 Å². The minimum absolute atomic E-state index is 0.0121. The van der Waals surface area contributed by atoms with Gasteiger partial charge in [-0.1, -0.05) is 0 Å². The van der Waals surface area contributed by atoms with Crippen LogP contribution in [0.15, 0.2) is 36.7 Å². The lowest BCUT2D eigenvalue weighted by Gasteiger charge is -2.32. The second-order valence-corrected chi connectivity index (χ2v) is 9.05. The quantitative estimate of drug-likeness (QED) is 0.538. The summed E-state index contributed by atoms with van der Waals surface area (Å²) in [4.78, 5) is 23.0. The molecule has 2 aliphatic rings. The molecular weight excluding hydrogens is 445 g/mol. The van der Waals surface area contributed by atoms with Crippen molar-refractivity contribution >= 4 is 16.9 Å². The van der Waals surface area contributed by atoms with Gasteiger partial charge in [0.2, 0.25) is 5.91 Å². The van der Waals surface area contributed by atoms with E-state index in [4.69, 9.17) is 10.1 Å². The molecule has 1 saturated heterocycles. The van der Waals surface area contributed by atoms with Gasteiger partial charge in [0.05, 0.1) is 35.6 Å². The maximum atomic E-state index is 13.9. The van der Waals surface area contributed by atoms with Gasteiger partial charge in [0.25, 0.3) is 0 Å². The summed E-state index contributed by atoms with van der Waals surface area (Å²) in [5.41, 5.74) is 1.61. The predicted octanol–water partition coefficient (Wildman–Crippen LogP) is 5.04. The van der Waals surface area contributed by atoms with E-state index in [1.807, 2.05) is 10.6 Å². The molecule has 1 atom stereocenters. The Morgan fingerprint density at radius 3 is 2.50 bits per heavy atom. The van der Waals surface area contributed by atoms with E-state index >= 15 is 0 Å². The SMILES string of the molecule is N#Cc1cc2c(cc1F)ncn2C[C@H]1CC[C@H](C(=O)N2OCC[C@H]2c2cc(F)cc(F)c2)CC1. The number of nitrogens with zero attached hydrogens (tertiary/aromatic N) is 4. The molecule has 0 radical (unpaired) electrons. The Balaban J connectivity index is 1.23. The molecule has 2 fully saturated rings. The topological polar surface area (TPSA) is 71.2 Å². The normalized spacial score (nSPS) is 22.8. The summed E-state index contributed by atoms with van der Waals surface area (Å²) in [5.74, 6) is -1.98. The number of amides is 1. The largest absolute Gasteiger partial charge is 0.330 e. The smallest absolute Gasteiger partial charge is 0.249 e. The third kappa shape index (κ3) is 4.26. The third-order valence-electron chi connectivity index (χ3n) is 6.87. The Labute approximate surface area is 194 Å². The highest BCUT2D eigenvalue weighted by molar-refractivity contribution is 5.79. The molecule has 6 nitrogen and oxygen atoms in total. The first-order valence-corrected chi connectivity index (χ1v) is 11.4. The fourth-order valence-electron chi connectivity index (χ4n) is 5.12. The summed E-state index contributed by atoms with van der Waals surface area (Å²) in [6.07, 6.45) is 5.13. The van der Waals surface area contributed by atoms with Crippen LogP contribution in [0.1, 0.15) is 49.3 Å². The fourth-order valence-corrected chi connectivity index (χ4v) is 5.12. The standard InChI is InChI=1S/C25H23F3N4O2/c26-19-7-17(8-20(27)10-19)23-5-6-34-32(23)25(33)16-3-1-15(2-4-16)13-31-14-30-22-11-21(28)18(12-29)9-24(22)31/h7-11,14-16,23H,1-6,13H2/t15-,16-,23-/m0/s1. The van der Waals surface area contributed by atoms with Gasteiger partial charge in [-0.25, -0.2) is 23.2 Å². The molecule has 1 aromatic heterocycles. The predicted molar refractivity (Wildman–Crippen MR) is 116 cm³/mol. The van der Waals surface area contributed by atoms with Crippen molar-refractivity contribution < 1.29 is 22.8 Å². The molecule has 1 aliphatic heterocycles. The van der Waals surface area contributed by atoms with Crippen LogP contribution in [0.3, 0.4) is 0 Å². The number of fused-ring (bicyclic) bond motifs is 1. The van der Waals surface area contributed by atoms with Gasteiger partial charge in [0.15, 0.2) is 0 Å². The van der Waals surface area contributed by atoms with Crippen LogP contribution >= 0.6 is 0 Å². The van der Waals surface area contributed by atoms with Crippen LogP contribution in [0.2, 0.25) is 0 Å². The Bertz CT molecular complexity index is 1260. The lowest BCUT2D eigenvalue weighted by atomic mass is 9.81. The Morgan fingerprint density at radius 2 is 1.79 bits per heavy atom. The van der Waals surface area contributed by atoms with Gasteiger partial charge in [-0.3, -0.25) is 9.63 Å². The van der Waals surface area contributed by atoms with Crippen molar-refractivity contribution in [3.63, 3.8) is 0 Å². The molecule has 0 N–H and O–H groups in total. The van der Waals surface area contributed by atoms with Gasteiger partial charge in [-0.15, -0.1) is 0 Å². The van der Waals surface area contributed by atoms with Crippen LogP contribution in [0.5, 0.6) is 0 Å². The summed E-state index contributed by atoms with van der Waals surface area (Å²) in [6, 6.07) is 7.47. The van der Waals surface area contributed by atoms with Crippen LogP contribution in [0.25, 0.3) is 11.0 Å². The Hall–Kier alpha value is -3.38. The van der Waals surface area contributed by atoms with Crippen molar-refractivity contribution in [1.82, 2.24) is 14.6 Å². The van der Waals surface area contributed by atoms with E-state index in [0.717, 1.165) is 18.9 Å². The fraction of sp³-hybridized carbons (Fsp3) is 0.400. The number of nitriles is 1. The van der Waals surface area contributed by atoms with E-state index in [0.29, 0.717) is 54.9 Å². The van der Waals surface area contributed by atoms with Crippen molar-refractivity contribution in [2.45, 2.75) is 44.7 Å². The minimum Gasteiger partial charge on any atom is -0.330 e. The second-order valence-electron chi connectivity index (χ2n) is 9.05. The van der Waals surface area contributed by atoms with Crippen LogP contribution in [0.4, 0.5) is 13.2 Å². The number of aromatic nitrogens is 2. The van der Waals surface area contributed by atoms with E-state index in [2.05, 4.69) is 4.98 Å². The third-order valence-corrected chi connectivity index (χ3v) is 6.87. The average molecular weight is 468 g/mol. The molecule has 0 spiro atoms. The zero-order valence-electron chi connectivity index (χ0n) is 18.4. The molecular formula is C25H23F3N4O2. The molecule has 1 amide bonds. The Morgan fingerprint density at radius 1 is 1.06 bits per heavy atom. The highest BCUT2D eigenvalue weighted by Gasteiger charge is 2.37. The zero-order valence-corrected chi connectivity index (χ0v) is 18.4. The molecule has 1 saturated carbocycles. The number of hydrogen-bond donors (Lipinski definition) is 0. The van der Waals surface area contributed by atoms with Crippen molar-refractivity contribution in [1.29, 1.82) is 5.26 Å². The maximum Gasteiger partial charge on any atom is 0.249 e. The van der Waals surface area contributed by atoms with Crippen molar-refractivity contribution in [2.24, 2.45) is 11.8 Å². The Kier molecular flexibility index (Phi) is 6.00. The molecule has 176 valence electrons. The highest BCUT2D eigenvalue weighted by atomic mass is 19.1. The first-order valence-electron chi connectivity index (χ1n) is 11.4. The maximum absolute atomic E-state index is 13.9. The van der Waals surface area contributed by atoms with E-state index < -0.39 is 23.5 Å². The van der Waals surface area contributed by atoms with Crippen LogP contribution in [-0.4, -0.2) is 27.1 Å². The van der Waals surface area contributed by atoms with Crippen molar-refractivity contribution in [3.05, 3.63) is 65.2 Å². The molecule has 5 rings (SSSR count). The molecule has 1 aliphatic carbocycles. The zero-order chi connectivity index (χ0) is 23.8. The molecule has 0 bridgehead atoms. The van der Waals surface area contributed by atoms with Crippen LogP contribution in [0, 0.1) is 40.6 Å². The number of carbonyl (C=O) groups is 1. The minimum atomic E-state index is -0.675. The molecule has 9 heteroatoms. The summed E-state index contributed by atoms with van der Waals surface area (Å²) < 4.78 is 43.2. The molecule has 34 heavy (non-hydrogen) atoms. The first kappa shape index (κ1) is 22.4. The van der Waals surface area contributed by atoms with Crippen LogP contribution in [-0.2, 0) is 16.2 Å². The van der Waals surface area contributed by atoms with Gasteiger partial charge in [-0.05, 0) is 55.4 Å². The molecule has 2 heterocycles. The van der Waals surface area contributed by atoms with E-state index in [1.54, 1.807) is 6.33 Å². The van der Waals surface area contributed by atoms with E-state index in [1.165, 1.54) is 29.3 Å². The lowest BCUT2D eigenvalue weighted by Crippen LogP contribution is -2.37.